The zero-order chi connectivity index (χ0) is 14.3. The summed E-state index contributed by atoms with van der Waals surface area (Å²) in [5.41, 5.74) is 0. The van der Waals surface area contributed by atoms with Crippen molar-refractivity contribution >= 4 is 16.7 Å². The van der Waals surface area contributed by atoms with Gasteiger partial charge in [0.05, 0.1) is 6.04 Å². The van der Waals surface area contributed by atoms with Crippen LogP contribution in [0.15, 0.2) is 0 Å². The van der Waals surface area contributed by atoms with Crippen molar-refractivity contribution in [3.63, 3.8) is 0 Å². The maximum Gasteiger partial charge on any atom is 0.239 e. The predicted molar refractivity (Wildman–Crippen MR) is 80.7 cm³/mol. The van der Waals surface area contributed by atoms with Crippen molar-refractivity contribution in [3.05, 3.63) is 0 Å². The summed E-state index contributed by atoms with van der Waals surface area (Å²) in [4.78, 5) is 14.3. The topological polar surface area (TPSA) is 49.4 Å². The van der Waals surface area contributed by atoms with Gasteiger partial charge in [0, 0.05) is 35.4 Å². The number of hydrogen-bond acceptors (Lipinski definition) is 3. The largest absolute Gasteiger partial charge is 0.341 e. The molecule has 3 atom stereocenters. The Bertz CT molecular complexity index is 302. The number of amides is 1. The minimum Gasteiger partial charge on any atom is -0.341 e. The number of carbonyl (C=O) groups excluding carboxylic acids is 1. The summed E-state index contributed by atoms with van der Waals surface area (Å²) < 4.78 is 11.2. The van der Waals surface area contributed by atoms with Crippen LogP contribution in [0, 0.1) is 0 Å². The van der Waals surface area contributed by atoms with Crippen LogP contribution in [0.4, 0.5) is 0 Å². The second-order valence-electron chi connectivity index (χ2n) is 5.51. The number of rotatable bonds is 6. The average molecular weight is 288 g/mol. The minimum absolute atomic E-state index is 0.129. The second kappa shape index (κ2) is 8.69. The summed E-state index contributed by atoms with van der Waals surface area (Å²) in [6, 6.07) is -0.129. The van der Waals surface area contributed by atoms with Crippen molar-refractivity contribution in [2.75, 3.05) is 25.9 Å². The quantitative estimate of drug-likeness (QED) is 0.806. The van der Waals surface area contributed by atoms with Gasteiger partial charge in [-0.05, 0) is 32.7 Å². The lowest BCUT2D eigenvalue weighted by atomic mass is 10.2. The molecule has 0 aromatic heterocycles. The number of nitrogens with zero attached hydrogens (tertiary/aromatic N) is 1. The first-order chi connectivity index (χ1) is 9.02. The normalized spacial score (nSPS) is 21.5. The molecule has 1 aliphatic heterocycles. The van der Waals surface area contributed by atoms with Crippen molar-refractivity contribution in [1.82, 2.24) is 10.2 Å². The lowest BCUT2D eigenvalue weighted by Gasteiger charge is -2.25. The zero-order valence-corrected chi connectivity index (χ0v) is 13.3. The van der Waals surface area contributed by atoms with Gasteiger partial charge in [-0.3, -0.25) is 9.00 Å². The van der Waals surface area contributed by atoms with Crippen LogP contribution in [-0.4, -0.2) is 52.2 Å². The van der Waals surface area contributed by atoms with E-state index in [0.717, 1.165) is 38.9 Å². The monoisotopic (exact) mass is 288 g/mol. The molecule has 3 unspecified atom stereocenters. The SMILES string of the molecule is CC(NCCC(C)S(C)=O)C(=O)N1CCCCCC1. The molecule has 1 N–H and O–H groups in total. The van der Waals surface area contributed by atoms with Gasteiger partial charge in [-0.25, -0.2) is 0 Å². The summed E-state index contributed by atoms with van der Waals surface area (Å²) in [5.74, 6) is 0.215. The van der Waals surface area contributed by atoms with Crippen LogP contribution in [0.1, 0.15) is 46.0 Å². The van der Waals surface area contributed by atoms with E-state index in [1.165, 1.54) is 12.8 Å². The molecule has 19 heavy (non-hydrogen) atoms. The van der Waals surface area contributed by atoms with E-state index in [4.69, 9.17) is 0 Å². The molecule has 5 heteroatoms. The highest BCUT2D eigenvalue weighted by atomic mass is 32.2. The third-order valence-corrected chi connectivity index (χ3v) is 5.23. The number of nitrogens with one attached hydrogen (secondary N) is 1. The Labute approximate surface area is 119 Å². The van der Waals surface area contributed by atoms with E-state index in [-0.39, 0.29) is 17.2 Å². The molecule has 1 heterocycles. The molecule has 0 saturated carbocycles. The zero-order valence-electron chi connectivity index (χ0n) is 12.5. The molecular weight excluding hydrogens is 260 g/mol. The van der Waals surface area contributed by atoms with Gasteiger partial charge in [0.25, 0.3) is 0 Å². The average Bonchev–Trinajstić information content (AvgIpc) is 2.66. The van der Waals surface area contributed by atoms with Crippen molar-refractivity contribution in [1.29, 1.82) is 0 Å². The van der Waals surface area contributed by atoms with Crippen LogP contribution >= 0.6 is 0 Å². The van der Waals surface area contributed by atoms with Crippen LogP contribution in [0.3, 0.4) is 0 Å². The van der Waals surface area contributed by atoms with Gasteiger partial charge >= 0.3 is 0 Å². The molecule has 0 aromatic rings. The van der Waals surface area contributed by atoms with Gasteiger partial charge in [0.1, 0.15) is 0 Å². The van der Waals surface area contributed by atoms with Crippen molar-refractivity contribution in [2.24, 2.45) is 0 Å². The molecule has 1 fully saturated rings. The van der Waals surface area contributed by atoms with Crippen LogP contribution in [-0.2, 0) is 15.6 Å². The molecule has 1 rings (SSSR count). The van der Waals surface area contributed by atoms with Crippen LogP contribution < -0.4 is 5.32 Å². The Hall–Kier alpha value is -0.420. The van der Waals surface area contributed by atoms with Gasteiger partial charge in [-0.1, -0.05) is 19.8 Å². The van der Waals surface area contributed by atoms with E-state index in [1.54, 1.807) is 6.26 Å². The lowest BCUT2D eigenvalue weighted by Crippen LogP contribution is -2.45. The Morgan fingerprint density at radius 3 is 2.32 bits per heavy atom. The highest BCUT2D eigenvalue weighted by molar-refractivity contribution is 7.84. The van der Waals surface area contributed by atoms with Gasteiger partial charge in [-0.15, -0.1) is 0 Å². The third kappa shape index (κ3) is 6.04. The molecule has 1 amide bonds. The summed E-state index contributed by atoms with van der Waals surface area (Å²) >= 11 is 0. The highest BCUT2D eigenvalue weighted by Gasteiger charge is 2.21. The van der Waals surface area contributed by atoms with Crippen molar-refractivity contribution in [3.8, 4) is 0 Å². The van der Waals surface area contributed by atoms with Gasteiger partial charge in [0.2, 0.25) is 5.91 Å². The molecule has 0 aromatic carbocycles. The fourth-order valence-electron chi connectivity index (χ4n) is 2.32. The van der Waals surface area contributed by atoms with Crippen LogP contribution in [0.5, 0.6) is 0 Å². The fourth-order valence-corrected chi connectivity index (χ4v) is 2.77. The first-order valence-corrected chi connectivity index (χ1v) is 8.99. The summed E-state index contributed by atoms with van der Waals surface area (Å²) in [6.07, 6.45) is 7.32. The number of carbonyl (C=O) groups is 1. The minimum atomic E-state index is -0.778. The Morgan fingerprint density at radius 1 is 1.21 bits per heavy atom. The van der Waals surface area contributed by atoms with Gasteiger partial charge in [0.15, 0.2) is 0 Å². The Balaban J connectivity index is 2.29. The van der Waals surface area contributed by atoms with Gasteiger partial charge in [-0.2, -0.15) is 0 Å². The molecule has 1 aliphatic rings. The molecular formula is C14H28N2O2S. The Kier molecular flexibility index (Phi) is 7.61. The van der Waals surface area contributed by atoms with E-state index in [0.29, 0.717) is 0 Å². The standard InChI is InChI=1S/C14H28N2O2S/c1-12(19(3)18)8-9-15-13(2)14(17)16-10-6-4-5-7-11-16/h12-13,15H,4-11H2,1-3H3. The molecule has 0 spiro atoms. The first kappa shape index (κ1) is 16.6. The smallest absolute Gasteiger partial charge is 0.239 e. The predicted octanol–water partition coefficient (Wildman–Crippen LogP) is 1.52. The van der Waals surface area contributed by atoms with E-state index < -0.39 is 10.8 Å². The molecule has 0 aliphatic carbocycles. The molecule has 1 saturated heterocycles. The number of likely N-dealkylation sites (tertiary alicyclic amines) is 1. The molecule has 0 bridgehead atoms. The van der Waals surface area contributed by atoms with E-state index in [2.05, 4.69) is 5.32 Å². The Morgan fingerprint density at radius 2 is 1.79 bits per heavy atom. The van der Waals surface area contributed by atoms with E-state index in [9.17, 15) is 9.00 Å². The van der Waals surface area contributed by atoms with Gasteiger partial charge < -0.3 is 10.2 Å². The number of hydrogen-bond donors (Lipinski definition) is 1. The molecule has 4 nitrogen and oxygen atoms in total. The first-order valence-electron chi connectivity index (χ1n) is 7.36. The fraction of sp³-hybridized carbons (Fsp3) is 0.929. The summed E-state index contributed by atoms with van der Waals surface area (Å²) in [5, 5.41) is 3.45. The van der Waals surface area contributed by atoms with Crippen molar-refractivity contribution in [2.45, 2.75) is 57.2 Å². The maximum atomic E-state index is 12.3. The third-order valence-electron chi connectivity index (χ3n) is 3.86. The second-order valence-corrected chi connectivity index (χ2v) is 7.32. The lowest BCUT2D eigenvalue weighted by molar-refractivity contribution is -0.133. The van der Waals surface area contributed by atoms with Crippen LogP contribution in [0.2, 0.25) is 0 Å². The molecule has 0 radical (unpaired) electrons. The molecule has 112 valence electrons. The summed E-state index contributed by atoms with van der Waals surface area (Å²) in [7, 11) is -0.778. The van der Waals surface area contributed by atoms with Crippen LogP contribution in [0.25, 0.3) is 0 Å². The van der Waals surface area contributed by atoms with Crippen molar-refractivity contribution < 1.29 is 9.00 Å². The maximum absolute atomic E-state index is 12.3. The van der Waals surface area contributed by atoms with E-state index in [1.807, 2.05) is 18.7 Å². The summed E-state index contributed by atoms with van der Waals surface area (Å²) in [6.45, 7) is 6.47. The highest BCUT2D eigenvalue weighted by Crippen LogP contribution is 2.10. The van der Waals surface area contributed by atoms with E-state index >= 15 is 0 Å².